The normalized spacial score (nSPS) is 15.1. The van der Waals surface area contributed by atoms with Gasteiger partial charge in [-0.15, -0.1) is 0 Å². The molecule has 0 amide bonds. The van der Waals surface area contributed by atoms with Crippen molar-refractivity contribution in [3.63, 3.8) is 0 Å². The SMILES string of the molecule is CCn1c(C#CCNc2ccc(C)cc2)cc2cc(CCC3CCN(C)CC3)ccc21. The number of aromatic nitrogens is 1. The van der Waals surface area contributed by atoms with Crippen LogP contribution < -0.4 is 5.32 Å². The van der Waals surface area contributed by atoms with Crippen LogP contribution in [0.3, 0.4) is 0 Å². The van der Waals surface area contributed by atoms with E-state index in [0.717, 1.165) is 23.8 Å². The molecule has 0 aliphatic carbocycles. The fourth-order valence-electron chi connectivity index (χ4n) is 4.59. The van der Waals surface area contributed by atoms with Gasteiger partial charge in [0, 0.05) is 23.1 Å². The molecule has 0 atom stereocenters. The van der Waals surface area contributed by atoms with Crippen molar-refractivity contribution in [3.05, 3.63) is 65.4 Å². The summed E-state index contributed by atoms with van der Waals surface area (Å²) in [4.78, 5) is 2.45. The van der Waals surface area contributed by atoms with Gasteiger partial charge < -0.3 is 14.8 Å². The number of fused-ring (bicyclic) bond motifs is 1. The van der Waals surface area contributed by atoms with Gasteiger partial charge in [0.25, 0.3) is 0 Å². The standard InChI is InChI=1S/C28H35N3/c1-4-31-27(6-5-17-29-26-12-7-22(2)8-13-26)21-25-20-24(11-14-28(25)31)10-9-23-15-18-30(3)19-16-23/h7-8,11-14,20-21,23,29H,4,9-10,15-19H2,1-3H3. The first-order valence-corrected chi connectivity index (χ1v) is 11.7. The number of aryl methyl sites for hydroxylation is 3. The molecule has 0 unspecified atom stereocenters. The second-order valence-electron chi connectivity index (χ2n) is 8.97. The zero-order chi connectivity index (χ0) is 21.6. The van der Waals surface area contributed by atoms with E-state index < -0.39 is 0 Å². The number of piperidine rings is 1. The highest BCUT2D eigenvalue weighted by Gasteiger charge is 2.16. The van der Waals surface area contributed by atoms with Gasteiger partial charge in [-0.1, -0.05) is 29.7 Å². The summed E-state index contributed by atoms with van der Waals surface area (Å²) in [5.74, 6) is 7.57. The Balaban J connectivity index is 1.41. The average molecular weight is 414 g/mol. The van der Waals surface area contributed by atoms with Crippen LogP contribution in [-0.4, -0.2) is 36.1 Å². The Labute approximate surface area is 187 Å². The fraction of sp³-hybridized carbons (Fsp3) is 0.429. The van der Waals surface area contributed by atoms with E-state index in [1.165, 1.54) is 60.8 Å². The Morgan fingerprint density at radius 2 is 1.81 bits per heavy atom. The monoisotopic (exact) mass is 413 g/mol. The zero-order valence-corrected chi connectivity index (χ0v) is 19.2. The van der Waals surface area contributed by atoms with E-state index in [-0.39, 0.29) is 0 Å². The molecule has 1 fully saturated rings. The Morgan fingerprint density at radius 3 is 2.55 bits per heavy atom. The first-order valence-electron chi connectivity index (χ1n) is 11.7. The lowest BCUT2D eigenvalue weighted by Crippen LogP contribution is -2.30. The summed E-state index contributed by atoms with van der Waals surface area (Å²) in [6.07, 6.45) is 5.19. The van der Waals surface area contributed by atoms with E-state index >= 15 is 0 Å². The molecule has 4 rings (SSSR count). The Morgan fingerprint density at radius 1 is 1.03 bits per heavy atom. The van der Waals surface area contributed by atoms with Crippen LogP contribution in [0.25, 0.3) is 10.9 Å². The second-order valence-corrected chi connectivity index (χ2v) is 8.97. The molecule has 31 heavy (non-hydrogen) atoms. The van der Waals surface area contributed by atoms with Gasteiger partial charge in [-0.25, -0.2) is 0 Å². The molecule has 1 aliphatic rings. The van der Waals surface area contributed by atoms with Gasteiger partial charge in [0.2, 0.25) is 0 Å². The van der Waals surface area contributed by atoms with Gasteiger partial charge >= 0.3 is 0 Å². The van der Waals surface area contributed by atoms with E-state index in [1.54, 1.807) is 0 Å². The number of hydrogen-bond donors (Lipinski definition) is 1. The summed E-state index contributed by atoms with van der Waals surface area (Å²) < 4.78 is 2.33. The molecule has 1 N–H and O–H groups in total. The van der Waals surface area contributed by atoms with E-state index in [1.807, 2.05) is 0 Å². The molecule has 2 aromatic carbocycles. The van der Waals surface area contributed by atoms with Gasteiger partial charge in [0.15, 0.2) is 0 Å². The molecule has 162 valence electrons. The first kappa shape index (κ1) is 21.5. The van der Waals surface area contributed by atoms with E-state index in [2.05, 4.69) is 96.1 Å². The van der Waals surface area contributed by atoms with Crippen LogP contribution in [0.1, 0.15) is 43.0 Å². The molecule has 2 heterocycles. The topological polar surface area (TPSA) is 20.2 Å². The summed E-state index contributed by atoms with van der Waals surface area (Å²) >= 11 is 0. The highest BCUT2D eigenvalue weighted by molar-refractivity contribution is 5.83. The summed E-state index contributed by atoms with van der Waals surface area (Å²) in [6.45, 7) is 8.40. The van der Waals surface area contributed by atoms with Gasteiger partial charge in [-0.2, -0.15) is 0 Å². The quantitative estimate of drug-likeness (QED) is 0.523. The first-order chi connectivity index (χ1) is 15.1. The molecule has 0 bridgehead atoms. The maximum atomic E-state index is 3.39. The maximum Gasteiger partial charge on any atom is 0.0931 e. The van der Waals surface area contributed by atoms with E-state index in [0.29, 0.717) is 6.54 Å². The van der Waals surface area contributed by atoms with Crippen LogP contribution in [0.2, 0.25) is 0 Å². The number of benzene rings is 2. The van der Waals surface area contributed by atoms with Crippen LogP contribution in [0.5, 0.6) is 0 Å². The third-order valence-corrected chi connectivity index (χ3v) is 6.61. The Kier molecular flexibility index (Phi) is 6.99. The zero-order valence-electron chi connectivity index (χ0n) is 19.2. The minimum absolute atomic E-state index is 0.649. The van der Waals surface area contributed by atoms with Crippen molar-refractivity contribution < 1.29 is 0 Å². The Bertz CT molecular complexity index is 1060. The smallest absolute Gasteiger partial charge is 0.0931 e. The van der Waals surface area contributed by atoms with Crippen molar-refractivity contribution >= 4 is 16.6 Å². The molecule has 3 heteroatoms. The molecule has 1 aliphatic heterocycles. The lowest BCUT2D eigenvalue weighted by molar-refractivity contribution is 0.212. The number of rotatable bonds is 6. The van der Waals surface area contributed by atoms with Crippen molar-refractivity contribution in [1.29, 1.82) is 0 Å². The van der Waals surface area contributed by atoms with Gasteiger partial charge in [-0.3, -0.25) is 0 Å². The minimum Gasteiger partial charge on any atom is -0.374 e. The predicted molar refractivity (Wildman–Crippen MR) is 133 cm³/mol. The third kappa shape index (κ3) is 5.51. The molecule has 0 saturated carbocycles. The van der Waals surface area contributed by atoms with Crippen LogP contribution in [0.15, 0.2) is 48.5 Å². The molecule has 1 aromatic heterocycles. The molecular weight excluding hydrogens is 378 g/mol. The van der Waals surface area contributed by atoms with Crippen molar-refractivity contribution in [2.75, 3.05) is 32.0 Å². The summed E-state index contributed by atoms with van der Waals surface area (Å²) in [6, 6.07) is 17.7. The number of hydrogen-bond acceptors (Lipinski definition) is 2. The lowest BCUT2D eigenvalue weighted by atomic mass is 9.90. The number of anilines is 1. The highest BCUT2D eigenvalue weighted by Crippen LogP contribution is 2.25. The fourth-order valence-corrected chi connectivity index (χ4v) is 4.59. The van der Waals surface area contributed by atoms with Gasteiger partial charge in [0.05, 0.1) is 12.2 Å². The van der Waals surface area contributed by atoms with Crippen LogP contribution in [0, 0.1) is 24.7 Å². The molecular formula is C28H35N3. The van der Waals surface area contributed by atoms with Crippen molar-refractivity contribution in [2.24, 2.45) is 5.92 Å². The molecule has 3 nitrogen and oxygen atoms in total. The highest BCUT2D eigenvalue weighted by atomic mass is 15.1. The number of nitrogens with one attached hydrogen (secondary N) is 1. The molecule has 0 spiro atoms. The van der Waals surface area contributed by atoms with Gasteiger partial charge in [0.1, 0.15) is 0 Å². The largest absolute Gasteiger partial charge is 0.374 e. The second kappa shape index (κ2) is 10.1. The predicted octanol–water partition coefficient (Wildman–Crippen LogP) is 5.71. The molecule has 1 saturated heterocycles. The van der Waals surface area contributed by atoms with Crippen molar-refractivity contribution in [2.45, 2.75) is 46.1 Å². The number of likely N-dealkylation sites (tertiary alicyclic amines) is 1. The van der Waals surface area contributed by atoms with Crippen molar-refractivity contribution in [1.82, 2.24) is 9.47 Å². The summed E-state index contributed by atoms with van der Waals surface area (Å²) in [5.41, 5.74) is 6.25. The summed E-state index contributed by atoms with van der Waals surface area (Å²) in [7, 11) is 2.24. The maximum absolute atomic E-state index is 3.39. The summed E-state index contributed by atoms with van der Waals surface area (Å²) in [5, 5.41) is 4.71. The Hall–Kier alpha value is -2.70. The average Bonchev–Trinajstić information content (AvgIpc) is 3.14. The third-order valence-electron chi connectivity index (χ3n) is 6.61. The van der Waals surface area contributed by atoms with Gasteiger partial charge in [-0.05, 0) is 107 Å². The van der Waals surface area contributed by atoms with Crippen LogP contribution >= 0.6 is 0 Å². The van der Waals surface area contributed by atoms with Crippen LogP contribution in [-0.2, 0) is 13.0 Å². The van der Waals surface area contributed by atoms with E-state index in [9.17, 15) is 0 Å². The van der Waals surface area contributed by atoms with Crippen LogP contribution in [0.4, 0.5) is 5.69 Å². The molecule has 0 radical (unpaired) electrons. The lowest BCUT2D eigenvalue weighted by Gasteiger charge is -2.28. The minimum atomic E-state index is 0.649. The molecule has 3 aromatic rings. The van der Waals surface area contributed by atoms with E-state index in [4.69, 9.17) is 0 Å². The van der Waals surface area contributed by atoms with Crippen molar-refractivity contribution in [3.8, 4) is 11.8 Å². The number of nitrogens with zero attached hydrogens (tertiary/aromatic N) is 2.